The summed E-state index contributed by atoms with van der Waals surface area (Å²) in [6.45, 7) is 0.0784. The number of anilines is 1. The lowest BCUT2D eigenvalue weighted by Crippen LogP contribution is -2.31. The van der Waals surface area contributed by atoms with Crippen molar-refractivity contribution in [3.8, 4) is 11.5 Å². The van der Waals surface area contributed by atoms with Crippen molar-refractivity contribution in [2.24, 2.45) is 0 Å². The maximum atomic E-state index is 12.8. The molecule has 0 bridgehead atoms. The highest BCUT2D eigenvalue weighted by Gasteiger charge is 2.32. The zero-order valence-electron chi connectivity index (χ0n) is 17.3. The molecule has 166 valence electrons. The Morgan fingerprint density at radius 2 is 1.88 bits per heavy atom. The smallest absolute Gasteiger partial charge is 0.337 e. The van der Waals surface area contributed by atoms with Crippen LogP contribution in [-0.4, -0.2) is 52.9 Å². The van der Waals surface area contributed by atoms with E-state index >= 15 is 0 Å². The highest BCUT2D eigenvalue weighted by molar-refractivity contribution is 8.26. The first-order valence-electron chi connectivity index (χ1n) is 9.43. The summed E-state index contributed by atoms with van der Waals surface area (Å²) in [6.07, 6.45) is 1.66. The van der Waals surface area contributed by atoms with E-state index in [0.29, 0.717) is 20.7 Å². The number of carboxylic acid groups (broad SMARTS) is 1. The molecule has 3 rings (SSSR count). The van der Waals surface area contributed by atoms with E-state index in [0.717, 1.165) is 17.3 Å². The number of methoxy groups -OCH3 is 2. The Bertz CT molecular complexity index is 1120. The number of nitrogens with one attached hydrogen (secondary N) is 1. The lowest BCUT2D eigenvalue weighted by molar-refractivity contribution is -0.122. The van der Waals surface area contributed by atoms with Gasteiger partial charge in [0.2, 0.25) is 5.91 Å². The maximum absolute atomic E-state index is 12.8. The number of hydrogen-bond donors (Lipinski definition) is 2. The molecule has 0 saturated carbocycles. The average Bonchev–Trinajstić information content (AvgIpc) is 3.04. The van der Waals surface area contributed by atoms with Crippen molar-refractivity contribution in [3.63, 3.8) is 0 Å². The first kappa shape index (κ1) is 23.3. The predicted molar refractivity (Wildman–Crippen MR) is 126 cm³/mol. The van der Waals surface area contributed by atoms with Crippen LogP contribution >= 0.6 is 24.0 Å². The fourth-order valence-electron chi connectivity index (χ4n) is 2.99. The van der Waals surface area contributed by atoms with Crippen molar-refractivity contribution in [1.82, 2.24) is 4.90 Å². The minimum atomic E-state index is -1.14. The molecule has 8 nitrogen and oxygen atoms in total. The topological polar surface area (TPSA) is 105 Å². The number of carbonyl (C=O) groups excluding carboxylic acids is 2. The standard InChI is InChI=1S/C22H20N2O6S2/c1-29-16-8-7-13(11-17(16)30-2)12-18-20(26)24(22(31)32-18)10-9-19(25)23-15-6-4-3-5-14(15)21(27)28/h3-8,11-12H,9-10H2,1-2H3,(H,23,25)(H,27,28)/b18-12+. The number of hydrogen-bond acceptors (Lipinski definition) is 7. The van der Waals surface area contributed by atoms with Crippen LogP contribution in [0.3, 0.4) is 0 Å². The third-order valence-corrected chi connectivity index (χ3v) is 5.95. The summed E-state index contributed by atoms with van der Waals surface area (Å²) in [5.41, 5.74) is 0.930. The summed E-state index contributed by atoms with van der Waals surface area (Å²) in [5, 5.41) is 11.8. The molecule has 1 aliphatic heterocycles. The van der Waals surface area contributed by atoms with Crippen molar-refractivity contribution in [1.29, 1.82) is 0 Å². The first-order chi connectivity index (χ1) is 15.3. The van der Waals surface area contributed by atoms with Crippen molar-refractivity contribution in [2.45, 2.75) is 6.42 Å². The number of thioether (sulfide) groups is 1. The molecule has 0 aromatic heterocycles. The largest absolute Gasteiger partial charge is 0.493 e. The average molecular weight is 473 g/mol. The van der Waals surface area contributed by atoms with Gasteiger partial charge in [0.15, 0.2) is 11.5 Å². The molecule has 2 aromatic rings. The second kappa shape index (κ2) is 10.3. The third kappa shape index (κ3) is 5.27. The van der Waals surface area contributed by atoms with Crippen LogP contribution in [0.2, 0.25) is 0 Å². The fraction of sp³-hybridized carbons (Fsp3) is 0.182. The van der Waals surface area contributed by atoms with E-state index in [1.54, 1.807) is 43.5 Å². The fourth-order valence-corrected chi connectivity index (χ4v) is 4.30. The van der Waals surface area contributed by atoms with Gasteiger partial charge in [-0.05, 0) is 35.9 Å². The van der Waals surface area contributed by atoms with Crippen LogP contribution in [0, 0.1) is 0 Å². The van der Waals surface area contributed by atoms with Gasteiger partial charge >= 0.3 is 5.97 Å². The van der Waals surface area contributed by atoms with Crippen molar-refractivity contribution >= 4 is 57.8 Å². The molecule has 32 heavy (non-hydrogen) atoms. The summed E-state index contributed by atoms with van der Waals surface area (Å²) in [4.78, 5) is 38.2. The number of nitrogens with zero attached hydrogens (tertiary/aromatic N) is 1. The Hall–Kier alpha value is -3.37. The zero-order valence-corrected chi connectivity index (χ0v) is 18.9. The first-order valence-corrected chi connectivity index (χ1v) is 10.7. The minimum Gasteiger partial charge on any atom is -0.493 e. The van der Waals surface area contributed by atoms with Gasteiger partial charge in [-0.15, -0.1) is 0 Å². The van der Waals surface area contributed by atoms with E-state index in [4.69, 9.17) is 21.7 Å². The molecule has 0 aliphatic carbocycles. The second-order valence-corrected chi connectivity index (χ2v) is 8.27. The molecular formula is C22H20N2O6S2. The molecule has 0 unspecified atom stereocenters. The lowest BCUT2D eigenvalue weighted by atomic mass is 10.1. The Morgan fingerprint density at radius 3 is 2.56 bits per heavy atom. The summed E-state index contributed by atoms with van der Waals surface area (Å²) in [6, 6.07) is 11.4. The van der Waals surface area contributed by atoms with Gasteiger partial charge in [0.1, 0.15) is 4.32 Å². The van der Waals surface area contributed by atoms with Gasteiger partial charge in [0.05, 0.1) is 30.4 Å². The summed E-state index contributed by atoms with van der Waals surface area (Å²) in [7, 11) is 3.07. The summed E-state index contributed by atoms with van der Waals surface area (Å²) in [5.74, 6) is -0.744. The highest BCUT2D eigenvalue weighted by atomic mass is 32.2. The van der Waals surface area contributed by atoms with E-state index in [1.807, 2.05) is 0 Å². The SMILES string of the molecule is COc1ccc(/C=C2/SC(=S)N(CCC(=O)Nc3ccccc3C(=O)O)C2=O)cc1OC. The quantitative estimate of drug-likeness (QED) is 0.443. The number of carboxylic acids is 1. The summed E-state index contributed by atoms with van der Waals surface area (Å²) >= 11 is 6.46. The second-order valence-electron chi connectivity index (χ2n) is 6.60. The normalized spacial score (nSPS) is 14.6. The van der Waals surface area contributed by atoms with Crippen LogP contribution in [-0.2, 0) is 9.59 Å². The number of thiocarbonyl (C=S) groups is 1. The number of rotatable bonds is 8. The van der Waals surface area contributed by atoms with Crippen LogP contribution in [0.1, 0.15) is 22.3 Å². The van der Waals surface area contributed by atoms with Gasteiger partial charge in [0, 0.05) is 13.0 Å². The molecule has 2 amide bonds. The van der Waals surface area contributed by atoms with E-state index in [9.17, 15) is 19.5 Å². The number of aromatic carboxylic acids is 1. The van der Waals surface area contributed by atoms with Crippen LogP contribution in [0.4, 0.5) is 5.69 Å². The van der Waals surface area contributed by atoms with Crippen LogP contribution in [0.25, 0.3) is 6.08 Å². The van der Waals surface area contributed by atoms with Crippen LogP contribution in [0.5, 0.6) is 11.5 Å². The number of ether oxygens (including phenoxy) is 2. The molecule has 0 radical (unpaired) electrons. The Labute approximate surface area is 194 Å². The van der Waals surface area contributed by atoms with Gasteiger partial charge in [-0.2, -0.15) is 0 Å². The predicted octanol–water partition coefficient (Wildman–Crippen LogP) is 3.63. The molecular weight excluding hydrogens is 452 g/mol. The monoisotopic (exact) mass is 472 g/mol. The highest BCUT2D eigenvalue weighted by Crippen LogP contribution is 2.34. The van der Waals surface area contributed by atoms with Crippen molar-refractivity contribution < 1.29 is 29.0 Å². The molecule has 0 atom stereocenters. The van der Waals surface area contributed by atoms with E-state index in [2.05, 4.69) is 5.32 Å². The zero-order chi connectivity index (χ0) is 23.3. The van der Waals surface area contributed by atoms with Crippen LogP contribution in [0.15, 0.2) is 47.4 Å². The van der Waals surface area contributed by atoms with Gasteiger partial charge in [0.25, 0.3) is 5.91 Å². The summed E-state index contributed by atoms with van der Waals surface area (Å²) < 4.78 is 10.8. The molecule has 2 aromatic carbocycles. The maximum Gasteiger partial charge on any atom is 0.337 e. The number of amides is 2. The van der Waals surface area contributed by atoms with E-state index < -0.39 is 11.9 Å². The molecule has 10 heteroatoms. The molecule has 0 spiro atoms. The lowest BCUT2D eigenvalue weighted by Gasteiger charge is -2.14. The van der Waals surface area contributed by atoms with Crippen LogP contribution < -0.4 is 14.8 Å². The third-order valence-electron chi connectivity index (χ3n) is 4.57. The Morgan fingerprint density at radius 1 is 1.16 bits per heavy atom. The molecule has 1 aliphatic rings. The van der Waals surface area contributed by atoms with Gasteiger partial charge < -0.3 is 19.9 Å². The van der Waals surface area contributed by atoms with Gasteiger partial charge in [-0.1, -0.05) is 42.2 Å². The van der Waals surface area contributed by atoms with Gasteiger partial charge in [-0.3, -0.25) is 14.5 Å². The van der Waals surface area contributed by atoms with E-state index in [1.165, 1.54) is 24.1 Å². The van der Waals surface area contributed by atoms with Crippen molar-refractivity contribution in [2.75, 3.05) is 26.1 Å². The Kier molecular flexibility index (Phi) is 7.49. The van der Waals surface area contributed by atoms with E-state index in [-0.39, 0.29) is 30.1 Å². The minimum absolute atomic E-state index is 0.00989. The molecule has 1 saturated heterocycles. The van der Waals surface area contributed by atoms with Crippen molar-refractivity contribution in [3.05, 3.63) is 58.5 Å². The number of para-hydroxylation sites is 1. The van der Waals surface area contributed by atoms with Gasteiger partial charge in [-0.25, -0.2) is 4.79 Å². The number of carbonyl (C=O) groups is 3. The Balaban J connectivity index is 1.66. The number of benzene rings is 2. The molecule has 1 heterocycles. The molecule has 1 fully saturated rings. The molecule has 2 N–H and O–H groups in total.